The highest BCUT2D eigenvalue weighted by Crippen LogP contribution is 2.23. The molecule has 0 aliphatic rings. The molecular weight excluding hydrogens is 291 g/mol. The first-order valence-electron chi connectivity index (χ1n) is 7.65. The van der Waals surface area contributed by atoms with Crippen LogP contribution in [0.4, 0.5) is 0 Å². The molecule has 0 amide bonds. The first-order chi connectivity index (χ1) is 11.0. The molecule has 118 valence electrons. The number of carbonyl (C=O) groups excluding carboxylic acids is 2. The van der Waals surface area contributed by atoms with E-state index in [2.05, 4.69) is 0 Å². The molecule has 2 rings (SSSR count). The van der Waals surface area contributed by atoms with Crippen LogP contribution in [-0.2, 0) is 0 Å². The topological polar surface area (TPSA) is 74.6 Å². The second-order valence-electron chi connectivity index (χ2n) is 5.28. The summed E-state index contributed by atoms with van der Waals surface area (Å²) in [5.41, 5.74) is 1.97. The van der Waals surface area contributed by atoms with Crippen molar-refractivity contribution >= 4 is 24.1 Å². The number of hydrogen-bond donors (Lipinski definition) is 2. The Kier molecular flexibility index (Phi) is 5.47. The fourth-order valence-electron chi connectivity index (χ4n) is 2.57. The number of hydrogen-bond acceptors (Lipinski definition) is 4. The third-order valence-electron chi connectivity index (χ3n) is 3.79. The van der Waals surface area contributed by atoms with Gasteiger partial charge < -0.3 is 10.0 Å². The molecule has 0 heterocycles. The third-order valence-corrected chi connectivity index (χ3v) is 3.79. The van der Waals surface area contributed by atoms with Crippen molar-refractivity contribution in [2.75, 3.05) is 0 Å². The highest BCUT2D eigenvalue weighted by Gasteiger charge is 2.27. The van der Waals surface area contributed by atoms with Gasteiger partial charge >= 0.3 is 7.12 Å². The van der Waals surface area contributed by atoms with Crippen molar-refractivity contribution in [1.29, 1.82) is 0 Å². The van der Waals surface area contributed by atoms with Gasteiger partial charge in [-0.3, -0.25) is 9.59 Å². The van der Waals surface area contributed by atoms with Crippen LogP contribution in [0.3, 0.4) is 0 Å². The summed E-state index contributed by atoms with van der Waals surface area (Å²) < 4.78 is 0. The van der Waals surface area contributed by atoms with Crippen LogP contribution < -0.4 is 5.46 Å². The van der Waals surface area contributed by atoms with E-state index in [0.29, 0.717) is 5.56 Å². The standard InChI is InChI=1S/C18H19BO4/c1-3-16(20)14-10-13(12-8-6-5-7-9-12)11-15(17(21)4-2)18(14)19(22)23/h5-11,22-23H,3-4H2,1-2H3. The lowest BCUT2D eigenvalue weighted by Gasteiger charge is -2.15. The van der Waals surface area contributed by atoms with Gasteiger partial charge in [-0.2, -0.15) is 0 Å². The Bertz CT molecular complexity index is 686. The maximum atomic E-state index is 12.3. The monoisotopic (exact) mass is 310 g/mol. The first kappa shape index (κ1) is 17.1. The van der Waals surface area contributed by atoms with E-state index in [1.54, 1.807) is 26.0 Å². The van der Waals surface area contributed by atoms with Gasteiger partial charge in [0.15, 0.2) is 11.6 Å². The predicted octanol–water partition coefficient (Wildman–Crippen LogP) is 2.22. The molecule has 0 fully saturated rings. The Morgan fingerprint density at radius 2 is 1.35 bits per heavy atom. The molecule has 0 saturated heterocycles. The molecule has 0 spiro atoms. The summed E-state index contributed by atoms with van der Waals surface area (Å²) in [7, 11) is -1.86. The lowest BCUT2D eigenvalue weighted by Crippen LogP contribution is -2.39. The van der Waals surface area contributed by atoms with Crippen molar-refractivity contribution in [3.05, 3.63) is 53.6 Å². The lowest BCUT2D eigenvalue weighted by atomic mass is 9.70. The van der Waals surface area contributed by atoms with Gasteiger partial charge in [0, 0.05) is 29.4 Å². The van der Waals surface area contributed by atoms with E-state index in [1.807, 2.05) is 30.3 Å². The fraction of sp³-hybridized carbons (Fsp3) is 0.222. The molecule has 2 N–H and O–H groups in total. The number of ketones is 2. The van der Waals surface area contributed by atoms with Crippen LogP contribution in [0.25, 0.3) is 11.1 Å². The van der Waals surface area contributed by atoms with Crippen molar-refractivity contribution < 1.29 is 19.6 Å². The maximum absolute atomic E-state index is 12.3. The van der Waals surface area contributed by atoms with Crippen LogP contribution >= 0.6 is 0 Å². The van der Waals surface area contributed by atoms with Crippen LogP contribution in [0.15, 0.2) is 42.5 Å². The summed E-state index contributed by atoms with van der Waals surface area (Å²) in [6, 6.07) is 12.6. The summed E-state index contributed by atoms with van der Waals surface area (Å²) in [4.78, 5) is 24.5. The average molecular weight is 310 g/mol. The van der Waals surface area contributed by atoms with Crippen molar-refractivity contribution in [3.63, 3.8) is 0 Å². The fourth-order valence-corrected chi connectivity index (χ4v) is 2.57. The molecule has 0 aromatic heterocycles. The number of benzene rings is 2. The quantitative estimate of drug-likeness (QED) is 0.634. The normalized spacial score (nSPS) is 10.4. The summed E-state index contributed by atoms with van der Waals surface area (Å²) >= 11 is 0. The van der Waals surface area contributed by atoms with Crippen LogP contribution in [0.5, 0.6) is 0 Å². The zero-order valence-corrected chi connectivity index (χ0v) is 13.2. The Balaban J connectivity index is 2.77. The van der Waals surface area contributed by atoms with Crippen molar-refractivity contribution in [2.45, 2.75) is 26.7 Å². The Hall–Kier alpha value is -2.24. The first-order valence-corrected chi connectivity index (χ1v) is 7.65. The van der Waals surface area contributed by atoms with E-state index in [9.17, 15) is 19.6 Å². The van der Waals surface area contributed by atoms with Crippen molar-refractivity contribution in [2.24, 2.45) is 0 Å². The van der Waals surface area contributed by atoms with Crippen LogP contribution in [-0.4, -0.2) is 28.7 Å². The highest BCUT2D eigenvalue weighted by atomic mass is 16.4. The zero-order valence-electron chi connectivity index (χ0n) is 13.2. The molecule has 0 unspecified atom stereocenters. The molecule has 0 aliphatic carbocycles. The Labute approximate surface area is 135 Å². The molecule has 5 heteroatoms. The zero-order chi connectivity index (χ0) is 17.0. The number of rotatable bonds is 6. The second kappa shape index (κ2) is 7.35. The van der Waals surface area contributed by atoms with Crippen LogP contribution in [0.2, 0.25) is 0 Å². The van der Waals surface area contributed by atoms with E-state index >= 15 is 0 Å². The Morgan fingerprint density at radius 3 is 1.74 bits per heavy atom. The van der Waals surface area contributed by atoms with Gasteiger partial charge in [0.05, 0.1) is 0 Å². The molecular formula is C18H19BO4. The predicted molar refractivity (Wildman–Crippen MR) is 90.9 cm³/mol. The number of Topliss-reactive ketones (excluding diaryl/α,β-unsaturated/α-hetero) is 2. The van der Waals surface area contributed by atoms with Gasteiger partial charge in [0.1, 0.15) is 0 Å². The smallest absolute Gasteiger partial charge is 0.423 e. The number of carbonyl (C=O) groups is 2. The molecule has 0 saturated carbocycles. The van der Waals surface area contributed by atoms with Gasteiger partial charge in [-0.05, 0) is 23.3 Å². The molecule has 0 aliphatic heterocycles. The molecule has 0 radical (unpaired) electrons. The largest absolute Gasteiger partial charge is 0.489 e. The average Bonchev–Trinajstić information content (AvgIpc) is 2.59. The third kappa shape index (κ3) is 3.58. The van der Waals surface area contributed by atoms with Gasteiger partial charge in [0.25, 0.3) is 0 Å². The molecule has 2 aromatic rings. The minimum Gasteiger partial charge on any atom is -0.423 e. The van der Waals surface area contributed by atoms with Gasteiger partial charge in [0.2, 0.25) is 0 Å². The lowest BCUT2D eigenvalue weighted by molar-refractivity contribution is 0.0987. The molecule has 0 atom stereocenters. The SMILES string of the molecule is CCC(=O)c1cc(-c2ccccc2)cc(C(=O)CC)c1B(O)O. The van der Waals surface area contributed by atoms with E-state index < -0.39 is 7.12 Å². The van der Waals surface area contributed by atoms with Crippen molar-refractivity contribution in [1.82, 2.24) is 0 Å². The molecule has 0 bridgehead atoms. The minimum absolute atomic E-state index is 0.00313. The highest BCUT2D eigenvalue weighted by molar-refractivity contribution is 6.62. The summed E-state index contributed by atoms with van der Waals surface area (Å²) in [5, 5.41) is 19.4. The van der Waals surface area contributed by atoms with Gasteiger partial charge in [-0.1, -0.05) is 44.2 Å². The van der Waals surface area contributed by atoms with E-state index in [0.717, 1.165) is 5.56 Å². The van der Waals surface area contributed by atoms with Crippen LogP contribution in [0.1, 0.15) is 47.4 Å². The second-order valence-corrected chi connectivity index (χ2v) is 5.28. The molecule has 4 nitrogen and oxygen atoms in total. The van der Waals surface area contributed by atoms with E-state index in [-0.39, 0.29) is 41.0 Å². The molecule has 2 aromatic carbocycles. The van der Waals surface area contributed by atoms with E-state index in [1.165, 1.54) is 0 Å². The van der Waals surface area contributed by atoms with Crippen LogP contribution in [0, 0.1) is 0 Å². The minimum atomic E-state index is -1.86. The summed E-state index contributed by atoms with van der Waals surface area (Å²) in [6.45, 7) is 3.40. The summed E-state index contributed by atoms with van der Waals surface area (Å²) in [5.74, 6) is -0.452. The van der Waals surface area contributed by atoms with Crippen molar-refractivity contribution in [3.8, 4) is 11.1 Å². The maximum Gasteiger partial charge on any atom is 0.489 e. The van der Waals surface area contributed by atoms with Gasteiger partial charge in [-0.25, -0.2) is 0 Å². The Morgan fingerprint density at radius 1 is 0.870 bits per heavy atom. The summed E-state index contributed by atoms with van der Waals surface area (Å²) in [6.07, 6.45) is 0.440. The molecule has 23 heavy (non-hydrogen) atoms. The van der Waals surface area contributed by atoms with Gasteiger partial charge in [-0.15, -0.1) is 0 Å². The van der Waals surface area contributed by atoms with E-state index in [4.69, 9.17) is 0 Å².